The summed E-state index contributed by atoms with van der Waals surface area (Å²) in [6.07, 6.45) is 8.01. The van der Waals surface area contributed by atoms with Crippen LogP contribution in [0.2, 0.25) is 0 Å². The largest absolute Gasteiger partial charge is 0.355 e. The lowest BCUT2D eigenvalue weighted by Crippen LogP contribution is -2.59. The fraction of sp³-hybridized carbons (Fsp3) is 0.345. The average Bonchev–Trinajstić information content (AvgIpc) is 3.53. The maximum atomic E-state index is 12.1. The van der Waals surface area contributed by atoms with Crippen LogP contribution in [-0.4, -0.2) is 51.9 Å². The summed E-state index contributed by atoms with van der Waals surface area (Å²) in [6, 6.07) is 6.49. The first-order chi connectivity index (χ1) is 17.9. The fourth-order valence-electron chi connectivity index (χ4n) is 6.05. The second-order valence-corrected chi connectivity index (χ2v) is 11.2. The van der Waals surface area contributed by atoms with E-state index in [0.717, 1.165) is 85.0 Å². The molecular formula is C29H28N6OS. The number of likely N-dealkylation sites (tertiary alicyclic amines) is 1. The Kier molecular flexibility index (Phi) is 5.68. The van der Waals surface area contributed by atoms with Crippen LogP contribution in [0.15, 0.2) is 36.5 Å². The van der Waals surface area contributed by atoms with Gasteiger partial charge in [0.2, 0.25) is 5.91 Å². The molecule has 7 nitrogen and oxygen atoms in total. The molecule has 2 aliphatic heterocycles. The molecule has 1 aliphatic carbocycles. The highest BCUT2D eigenvalue weighted by atomic mass is 32.1. The number of aryl methyl sites for hydroxylation is 2. The van der Waals surface area contributed by atoms with Gasteiger partial charge in [0.15, 0.2) is 0 Å². The third kappa shape index (κ3) is 3.85. The van der Waals surface area contributed by atoms with Gasteiger partial charge in [0.25, 0.3) is 0 Å². The lowest BCUT2D eigenvalue weighted by Gasteiger charge is -2.47. The zero-order valence-corrected chi connectivity index (χ0v) is 21.9. The molecule has 5 heterocycles. The van der Waals surface area contributed by atoms with E-state index in [1.54, 1.807) is 17.5 Å². The van der Waals surface area contributed by atoms with E-state index in [9.17, 15) is 10.1 Å². The molecule has 3 aromatic heterocycles. The number of fused-ring (bicyclic) bond motifs is 1. The lowest BCUT2D eigenvalue weighted by atomic mass is 9.79. The van der Waals surface area contributed by atoms with Crippen molar-refractivity contribution in [1.82, 2.24) is 19.9 Å². The molecule has 2 fully saturated rings. The van der Waals surface area contributed by atoms with Crippen LogP contribution in [0.5, 0.6) is 0 Å². The summed E-state index contributed by atoms with van der Waals surface area (Å²) in [6.45, 7) is 10.7. The first-order valence-electron chi connectivity index (χ1n) is 12.6. The summed E-state index contributed by atoms with van der Waals surface area (Å²) in [5, 5.41) is 10.5. The van der Waals surface area contributed by atoms with Gasteiger partial charge in [0.05, 0.1) is 27.5 Å². The summed E-state index contributed by atoms with van der Waals surface area (Å²) in [4.78, 5) is 31.7. The number of allylic oxidation sites excluding steroid dienone is 1. The topological polar surface area (TPSA) is 86.0 Å². The quantitative estimate of drug-likeness (QED) is 0.471. The minimum absolute atomic E-state index is 0.0161. The van der Waals surface area contributed by atoms with Crippen molar-refractivity contribution in [1.29, 1.82) is 5.26 Å². The summed E-state index contributed by atoms with van der Waals surface area (Å²) < 4.78 is 0. The fourth-order valence-corrected chi connectivity index (χ4v) is 6.90. The number of carbonyl (C=O) groups is 1. The highest BCUT2D eigenvalue weighted by molar-refractivity contribution is 7.11. The van der Waals surface area contributed by atoms with Gasteiger partial charge in [-0.2, -0.15) is 5.26 Å². The molecule has 186 valence electrons. The first kappa shape index (κ1) is 23.6. The molecule has 0 atom stereocenters. The second kappa shape index (κ2) is 8.93. The number of thiazole rings is 1. The van der Waals surface area contributed by atoms with Crippen molar-refractivity contribution in [3.05, 3.63) is 69.5 Å². The molecule has 8 heteroatoms. The number of nitriles is 1. The highest BCUT2D eigenvalue weighted by Gasteiger charge is 2.49. The van der Waals surface area contributed by atoms with Gasteiger partial charge in [-0.05, 0) is 68.0 Å². The Labute approximate surface area is 220 Å². The Morgan fingerprint density at radius 3 is 2.78 bits per heavy atom. The van der Waals surface area contributed by atoms with E-state index in [4.69, 9.17) is 9.97 Å². The minimum Gasteiger partial charge on any atom is -0.355 e. The highest BCUT2D eigenvalue weighted by Crippen LogP contribution is 2.45. The molecule has 0 radical (unpaired) electrons. The minimum atomic E-state index is -0.0161. The maximum Gasteiger partial charge on any atom is 0.245 e. The summed E-state index contributed by atoms with van der Waals surface area (Å²) in [5.74, 6) is 0.711. The van der Waals surface area contributed by atoms with E-state index < -0.39 is 0 Å². The number of hydrogen-bond donors (Lipinski definition) is 0. The molecule has 0 N–H and O–H groups in total. The molecule has 2 saturated heterocycles. The van der Waals surface area contributed by atoms with Gasteiger partial charge in [-0.3, -0.25) is 9.78 Å². The van der Waals surface area contributed by atoms with E-state index in [0.29, 0.717) is 5.56 Å². The molecule has 0 saturated carbocycles. The standard InChI is InChI=1S/C29H28N6OS/c1-4-24(36)35-15-29(16-35)9-11-34(14-29)28-22(13-30)25(26-18(2)6-5-10-31-26)21-8-7-20(12-23(21)33-28)27-19(3)32-17-37-27/h4-6,10,12,17H,1,7-9,11,14-16H2,2-3H3. The van der Waals surface area contributed by atoms with Crippen molar-refractivity contribution in [2.75, 3.05) is 31.1 Å². The molecule has 1 amide bonds. The summed E-state index contributed by atoms with van der Waals surface area (Å²) >= 11 is 1.66. The molecule has 37 heavy (non-hydrogen) atoms. The van der Waals surface area contributed by atoms with Gasteiger partial charge in [-0.15, -0.1) is 11.3 Å². The number of anilines is 1. The van der Waals surface area contributed by atoms with Crippen LogP contribution < -0.4 is 4.90 Å². The van der Waals surface area contributed by atoms with E-state index in [-0.39, 0.29) is 11.3 Å². The van der Waals surface area contributed by atoms with Gasteiger partial charge in [-0.25, -0.2) is 9.97 Å². The number of hydrogen-bond acceptors (Lipinski definition) is 7. The van der Waals surface area contributed by atoms with Crippen LogP contribution in [0.25, 0.3) is 22.9 Å². The van der Waals surface area contributed by atoms with Crippen molar-refractivity contribution in [2.45, 2.75) is 33.1 Å². The van der Waals surface area contributed by atoms with Crippen LogP contribution in [0.3, 0.4) is 0 Å². The van der Waals surface area contributed by atoms with Gasteiger partial charge < -0.3 is 9.80 Å². The number of aromatic nitrogens is 3. The van der Waals surface area contributed by atoms with Gasteiger partial charge in [0.1, 0.15) is 17.5 Å². The van der Waals surface area contributed by atoms with Crippen molar-refractivity contribution in [2.24, 2.45) is 5.41 Å². The Hall–Kier alpha value is -3.83. The van der Waals surface area contributed by atoms with Crippen LogP contribution in [0.1, 0.15) is 45.8 Å². The molecule has 3 aliphatic rings. The predicted octanol–water partition coefficient (Wildman–Crippen LogP) is 4.80. The van der Waals surface area contributed by atoms with E-state index in [1.807, 2.05) is 36.4 Å². The van der Waals surface area contributed by atoms with Crippen molar-refractivity contribution in [3.8, 4) is 17.3 Å². The summed E-state index contributed by atoms with van der Waals surface area (Å²) in [5.41, 5.74) is 9.64. The zero-order chi connectivity index (χ0) is 25.7. The van der Waals surface area contributed by atoms with E-state index >= 15 is 0 Å². The Morgan fingerprint density at radius 2 is 2.08 bits per heavy atom. The normalized spacial score (nSPS) is 17.7. The van der Waals surface area contributed by atoms with E-state index in [1.165, 1.54) is 16.5 Å². The van der Waals surface area contributed by atoms with Crippen molar-refractivity contribution in [3.63, 3.8) is 0 Å². The molecular weight excluding hydrogens is 480 g/mol. The molecule has 0 unspecified atom stereocenters. The van der Waals surface area contributed by atoms with Crippen LogP contribution in [0, 0.1) is 30.6 Å². The van der Waals surface area contributed by atoms with E-state index in [2.05, 4.69) is 28.6 Å². The Morgan fingerprint density at radius 1 is 1.24 bits per heavy atom. The number of nitrogens with zero attached hydrogens (tertiary/aromatic N) is 6. The Balaban J connectivity index is 1.47. The lowest BCUT2D eigenvalue weighted by molar-refractivity contribution is -0.136. The third-order valence-electron chi connectivity index (χ3n) is 7.94. The number of amides is 1. The zero-order valence-electron chi connectivity index (χ0n) is 21.1. The smallest absolute Gasteiger partial charge is 0.245 e. The monoisotopic (exact) mass is 508 g/mol. The van der Waals surface area contributed by atoms with Crippen LogP contribution in [0.4, 0.5) is 5.82 Å². The predicted molar refractivity (Wildman–Crippen MR) is 146 cm³/mol. The number of carbonyl (C=O) groups excluding carboxylic acids is 1. The van der Waals surface area contributed by atoms with Gasteiger partial charge >= 0.3 is 0 Å². The number of rotatable bonds is 4. The number of pyridine rings is 2. The molecule has 1 spiro atoms. The first-order valence-corrected chi connectivity index (χ1v) is 13.5. The van der Waals surface area contributed by atoms with Crippen molar-refractivity contribution < 1.29 is 4.79 Å². The molecule has 0 bridgehead atoms. The van der Waals surface area contributed by atoms with Gasteiger partial charge in [0, 0.05) is 43.4 Å². The SMILES string of the molecule is C=CC(=O)N1CC2(CCN(c3nc4c(c(-c5ncccc5C)c3C#N)CCC(c3scnc3C)=C4)C2)C1. The second-order valence-electron chi connectivity index (χ2n) is 10.3. The third-order valence-corrected chi connectivity index (χ3v) is 8.94. The molecule has 6 rings (SSSR count). The van der Waals surface area contributed by atoms with Gasteiger partial charge in [-0.1, -0.05) is 12.6 Å². The van der Waals surface area contributed by atoms with Crippen LogP contribution >= 0.6 is 11.3 Å². The average molecular weight is 509 g/mol. The summed E-state index contributed by atoms with van der Waals surface area (Å²) in [7, 11) is 0. The molecule has 0 aromatic carbocycles. The maximum absolute atomic E-state index is 12.1. The molecule has 3 aromatic rings. The van der Waals surface area contributed by atoms with Crippen LogP contribution in [-0.2, 0) is 11.2 Å². The van der Waals surface area contributed by atoms with Crippen molar-refractivity contribution >= 4 is 34.7 Å². The Bertz CT molecular complexity index is 1510.